The summed E-state index contributed by atoms with van der Waals surface area (Å²) in [5, 5.41) is 3.10. The minimum atomic E-state index is 0.262. The van der Waals surface area contributed by atoms with E-state index in [1.165, 1.54) is 32.1 Å². The van der Waals surface area contributed by atoms with Crippen molar-refractivity contribution in [3.8, 4) is 0 Å². The van der Waals surface area contributed by atoms with Crippen LogP contribution in [0.4, 0.5) is 0 Å². The Morgan fingerprint density at radius 3 is 2.24 bits per heavy atom. The highest BCUT2D eigenvalue weighted by Gasteiger charge is 2.31. The van der Waals surface area contributed by atoms with Gasteiger partial charge in [0, 0.05) is 12.5 Å². The van der Waals surface area contributed by atoms with E-state index in [4.69, 9.17) is 0 Å². The van der Waals surface area contributed by atoms with Crippen LogP contribution < -0.4 is 5.32 Å². The van der Waals surface area contributed by atoms with E-state index in [2.05, 4.69) is 26.1 Å². The molecule has 1 N–H and O–H groups in total. The maximum atomic E-state index is 11.2. The summed E-state index contributed by atoms with van der Waals surface area (Å²) < 4.78 is 0. The summed E-state index contributed by atoms with van der Waals surface area (Å²) in [4.78, 5) is 11.2. The van der Waals surface area contributed by atoms with Crippen LogP contribution in [0.5, 0.6) is 0 Å². The lowest BCUT2D eigenvalue weighted by molar-refractivity contribution is -0.119. The summed E-state index contributed by atoms with van der Waals surface area (Å²) in [6, 6.07) is 0.485. The van der Waals surface area contributed by atoms with E-state index in [0.717, 1.165) is 24.7 Å². The monoisotopic (exact) mass is 237 g/mol. The highest BCUT2D eigenvalue weighted by atomic mass is 16.1. The summed E-state index contributed by atoms with van der Waals surface area (Å²) in [6.07, 6.45) is 8.55. The van der Waals surface area contributed by atoms with Crippen LogP contribution in [0.1, 0.15) is 65.7 Å². The van der Waals surface area contributed by atoms with Gasteiger partial charge in [-0.05, 0) is 42.9 Å². The molecule has 2 aliphatic rings. The van der Waals surface area contributed by atoms with Crippen LogP contribution in [0.25, 0.3) is 0 Å². The normalized spacial score (nSPS) is 34.8. The number of hydrogen-bond donors (Lipinski definition) is 1. The number of hydrogen-bond acceptors (Lipinski definition) is 1. The first-order valence-electron chi connectivity index (χ1n) is 7.24. The Kier molecular flexibility index (Phi) is 3.79. The topological polar surface area (TPSA) is 29.1 Å². The molecule has 0 bridgehead atoms. The minimum Gasteiger partial charge on any atom is -0.353 e. The van der Waals surface area contributed by atoms with Crippen molar-refractivity contribution in [3.05, 3.63) is 0 Å². The van der Waals surface area contributed by atoms with Gasteiger partial charge in [-0.1, -0.05) is 33.6 Å². The van der Waals surface area contributed by atoms with Crippen molar-refractivity contribution in [3.63, 3.8) is 0 Å². The Morgan fingerprint density at radius 1 is 1.12 bits per heavy atom. The summed E-state index contributed by atoms with van der Waals surface area (Å²) in [5.74, 6) is 2.02. The lowest BCUT2D eigenvalue weighted by atomic mass is 9.69. The van der Waals surface area contributed by atoms with E-state index in [1.807, 2.05) is 0 Å². The second kappa shape index (κ2) is 4.99. The van der Waals surface area contributed by atoms with Crippen molar-refractivity contribution in [2.75, 3.05) is 0 Å². The summed E-state index contributed by atoms with van der Waals surface area (Å²) in [5.41, 5.74) is 0.479. The summed E-state index contributed by atoms with van der Waals surface area (Å²) in [6.45, 7) is 7.11. The average Bonchev–Trinajstić information content (AvgIpc) is 2.63. The predicted octanol–water partition coefficient (Wildman–Crippen LogP) is 3.51. The fourth-order valence-electron chi connectivity index (χ4n) is 3.52. The Balaban J connectivity index is 1.74. The van der Waals surface area contributed by atoms with Gasteiger partial charge in [-0.2, -0.15) is 0 Å². The molecular formula is C15H27NO. The molecule has 1 aliphatic heterocycles. The van der Waals surface area contributed by atoms with Crippen molar-refractivity contribution in [1.82, 2.24) is 5.32 Å². The maximum absolute atomic E-state index is 11.2. The van der Waals surface area contributed by atoms with E-state index >= 15 is 0 Å². The van der Waals surface area contributed by atoms with E-state index < -0.39 is 0 Å². The molecule has 1 heterocycles. The van der Waals surface area contributed by atoms with Crippen LogP contribution in [-0.4, -0.2) is 11.9 Å². The van der Waals surface area contributed by atoms with E-state index in [1.54, 1.807) is 0 Å². The van der Waals surface area contributed by atoms with Crippen LogP contribution in [0.15, 0.2) is 0 Å². The average molecular weight is 237 g/mol. The van der Waals surface area contributed by atoms with Crippen molar-refractivity contribution < 1.29 is 4.79 Å². The summed E-state index contributed by atoms with van der Waals surface area (Å²) in [7, 11) is 0. The molecule has 0 radical (unpaired) electrons. The van der Waals surface area contributed by atoms with Crippen LogP contribution in [-0.2, 0) is 4.79 Å². The quantitative estimate of drug-likeness (QED) is 0.782. The van der Waals surface area contributed by atoms with Crippen molar-refractivity contribution in [1.29, 1.82) is 0 Å². The molecule has 2 heteroatoms. The van der Waals surface area contributed by atoms with Gasteiger partial charge in [-0.25, -0.2) is 0 Å². The van der Waals surface area contributed by atoms with Gasteiger partial charge in [0.05, 0.1) is 0 Å². The van der Waals surface area contributed by atoms with Gasteiger partial charge in [-0.15, -0.1) is 0 Å². The third-order valence-electron chi connectivity index (χ3n) is 4.77. The summed E-state index contributed by atoms with van der Waals surface area (Å²) >= 11 is 0. The lowest BCUT2D eigenvalue weighted by Gasteiger charge is -2.37. The first kappa shape index (κ1) is 12.9. The van der Waals surface area contributed by atoms with Crippen LogP contribution in [0.3, 0.4) is 0 Å². The number of rotatable bonds is 2. The molecule has 2 fully saturated rings. The largest absolute Gasteiger partial charge is 0.353 e. The molecule has 0 aromatic heterocycles. The molecule has 1 amide bonds. The van der Waals surface area contributed by atoms with E-state index in [0.29, 0.717) is 11.5 Å². The lowest BCUT2D eigenvalue weighted by Crippen LogP contribution is -2.31. The molecule has 0 spiro atoms. The molecule has 17 heavy (non-hydrogen) atoms. The van der Waals surface area contributed by atoms with E-state index in [-0.39, 0.29) is 5.91 Å². The van der Waals surface area contributed by atoms with Crippen molar-refractivity contribution in [2.45, 2.75) is 71.8 Å². The zero-order valence-corrected chi connectivity index (χ0v) is 11.6. The van der Waals surface area contributed by atoms with Crippen LogP contribution >= 0.6 is 0 Å². The van der Waals surface area contributed by atoms with E-state index in [9.17, 15) is 4.79 Å². The highest BCUT2D eigenvalue weighted by Crippen LogP contribution is 2.41. The highest BCUT2D eigenvalue weighted by molar-refractivity contribution is 5.78. The molecule has 0 aromatic carbocycles. The SMILES string of the molecule is CC(C)(C)C1CCC(CC2CCC(=O)N2)CC1. The van der Waals surface area contributed by atoms with Gasteiger partial charge in [0.2, 0.25) is 5.91 Å². The number of carbonyl (C=O) groups is 1. The van der Waals surface area contributed by atoms with Gasteiger partial charge in [0.25, 0.3) is 0 Å². The van der Waals surface area contributed by atoms with Crippen molar-refractivity contribution in [2.24, 2.45) is 17.3 Å². The molecule has 1 unspecified atom stereocenters. The zero-order valence-electron chi connectivity index (χ0n) is 11.6. The number of nitrogens with one attached hydrogen (secondary N) is 1. The maximum Gasteiger partial charge on any atom is 0.220 e. The van der Waals surface area contributed by atoms with Crippen molar-refractivity contribution >= 4 is 5.91 Å². The molecule has 1 atom stereocenters. The van der Waals surface area contributed by atoms with Gasteiger partial charge < -0.3 is 5.32 Å². The van der Waals surface area contributed by atoms with Gasteiger partial charge in [0.15, 0.2) is 0 Å². The predicted molar refractivity (Wildman–Crippen MR) is 70.7 cm³/mol. The molecule has 0 aromatic rings. The van der Waals surface area contributed by atoms with Gasteiger partial charge in [0.1, 0.15) is 0 Å². The molecule has 2 nitrogen and oxygen atoms in total. The first-order chi connectivity index (χ1) is 7.95. The van der Waals surface area contributed by atoms with Crippen LogP contribution in [0.2, 0.25) is 0 Å². The second-order valence-electron chi connectivity index (χ2n) is 7.12. The second-order valence-corrected chi connectivity index (χ2v) is 7.12. The Hall–Kier alpha value is -0.530. The third-order valence-corrected chi connectivity index (χ3v) is 4.77. The molecule has 2 rings (SSSR count). The molecule has 1 saturated carbocycles. The molecule has 1 saturated heterocycles. The van der Waals surface area contributed by atoms with Gasteiger partial charge >= 0.3 is 0 Å². The Bertz CT molecular complexity index is 271. The Morgan fingerprint density at radius 2 is 1.76 bits per heavy atom. The smallest absolute Gasteiger partial charge is 0.220 e. The Labute approximate surface area is 106 Å². The third kappa shape index (κ3) is 3.46. The standard InChI is InChI=1S/C15H27NO/c1-15(2,3)12-6-4-11(5-7-12)10-13-8-9-14(17)16-13/h11-13H,4-10H2,1-3H3,(H,16,17). The molecule has 98 valence electrons. The number of amides is 1. The fourth-order valence-corrected chi connectivity index (χ4v) is 3.52. The zero-order chi connectivity index (χ0) is 12.5. The van der Waals surface area contributed by atoms with Crippen LogP contribution in [0, 0.1) is 17.3 Å². The molecular weight excluding hydrogens is 210 g/mol. The first-order valence-corrected chi connectivity index (χ1v) is 7.24. The van der Waals surface area contributed by atoms with Gasteiger partial charge in [-0.3, -0.25) is 4.79 Å². The fraction of sp³-hybridized carbons (Fsp3) is 0.933. The number of carbonyl (C=O) groups excluding carboxylic acids is 1. The molecule has 1 aliphatic carbocycles. The minimum absolute atomic E-state index is 0.262.